The van der Waals surface area contributed by atoms with Crippen molar-refractivity contribution >= 4 is 28.6 Å². The number of hydrogen-bond donors (Lipinski definition) is 1. The second kappa shape index (κ2) is 6.10. The van der Waals surface area contributed by atoms with Crippen LogP contribution in [0, 0.1) is 0 Å². The van der Waals surface area contributed by atoms with Crippen molar-refractivity contribution in [3.05, 3.63) is 29.3 Å². The Labute approximate surface area is 97.5 Å². The number of rotatable bonds is 5. The number of unbranched alkanes of at least 4 members (excludes halogenated alkanes) is 1. The molecule has 1 aromatic carbocycles. The largest absolute Gasteiger partial charge is 0.289 e. The van der Waals surface area contributed by atoms with Crippen LogP contribution in [0.25, 0.3) is 0 Å². The third kappa shape index (κ3) is 3.48. The van der Waals surface area contributed by atoms with E-state index in [0.717, 1.165) is 12.8 Å². The van der Waals surface area contributed by atoms with Gasteiger partial charge < -0.3 is 0 Å². The molecule has 3 nitrogen and oxygen atoms in total. The molecule has 1 unspecified atom stereocenters. The van der Waals surface area contributed by atoms with Crippen molar-refractivity contribution in [2.45, 2.75) is 19.8 Å². The molecule has 0 spiro atoms. The monoisotopic (exact) mass is 247 g/mol. The summed E-state index contributed by atoms with van der Waals surface area (Å²) in [6.07, 6.45) is 1.83. The molecule has 5 heteroatoms. The highest BCUT2D eigenvalue weighted by Crippen LogP contribution is 2.26. The van der Waals surface area contributed by atoms with Crippen LogP contribution in [0.5, 0.6) is 0 Å². The van der Waals surface area contributed by atoms with Crippen molar-refractivity contribution in [2.75, 3.05) is 10.8 Å². The highest BCUT2D eigenvalue weighted by Gasteiger charge is 2.13. The Hall–Kier alpha value is -0.580. The van der Waals surface area contributed by atoms with E-state index in [9.17, 15) is 4.21 Å². The maximum Gasteiger partial charge on any atom is 0.261 e. The second-order valence-corrected chi connectivity index (χ2v) is 4.45. The van der Waals surface area contributed by atoms with Crippen LogP contribution in [0.15, 0.2) is 24.3 Å². The molecule has 0 saturated carbocycles. The average Bonchev–Trinajstić information content (AvgIpc) is 2.20. The average molecular weight is 248 g/mol. The van der Waals surface area contributed by atoms with E-state index in [1.54, 1.807) is 24.3 Å². The molecule has 0 heterocycles. The molecule has 0 aliphatic carbocycles. The molecule has 1 aromatic rings. The molecule has 0 amide bonds. The lowest BCUT2D eigenvalue weighted by molar-refractivity contribution is 0.557. The van der Waals surface area contributed by atoms with Gasteiger partial charge in [0, 0.05) is 6.54 Å². The summed E-state index contributed by atoms with van der Waals surface area (Å²) in [5, 5.41) is 0.496. The zero-order chi connectivity index (χ0) is 11.3. The fourth-order valence-electron chi connectivity index (χ4n) is 1.24. The van der Waals surface area contributed by atoms with E-state index >= 15 is 0 Å². The Balaban J connectivity index is 2.89. The predicted octanol–water partition coefficient (Wildman–Crippen LogP) is 3.08. The molecule has 0 aromatic heterocycles. The molecule has 0 fully saturated rings. The second-order valence-electron chi connectivity index (χ2n) is 3.14. The molecule has 15 heavy (non-hydrogen) atoms. The highest BCUT2D eigenvalue weighted by atomic mass is 35.5. The van der Waals surface area contributed by atoms with Gasteiger partial charge in [0.05, 0.1) is 10.7 Å². The maximum absolute atomic E-state index is 11.1. The van der Waals surface area contributed by atoms with Gasteiger partial charge in [0.15, 0.2) is 0 Å². The first kappa shape index (κ1) is 12.5. The zero-order valence-corrected chi connectivity index (χ0v) is 10.1. The van der Waals surface area contributed by atoms with Crippen LogP contribution in [0.1, 0.15) is 19.8 Å². The van der Waals surface area contributed by atoms with Crippen LogP contribution >= 0.6 is 11.6 Å². The quantitative estimate of drug-likeness (QED) is 0.813. The third-order valence-corrected chi connectivity index (χ3v) is 3.10. The van der Waals surface area contributed by atoms with Crippen molar-refractivity contribution in [1.82, 2.24) is 0 Å². The highest BCUT2D eigenvalue weighted by molar-refractivity contribution is 7.80. The van der Waals surface area contributed by atoms with Crippen LogP contribution in [0.2, 0.25) is 5.02 Å². The fourth-order valence-corrected chi connectivity index (χ4v) is 2.14. The van der Waals surface area contributed by atoms with Gasteiger partial charge in [-0.05, 0) is 18.6 Å². The lowest BCUT2D eigenvalue weighted by Crippen LogP contribution is -2.26. The Morgan fingerprint density at radius 3 is 2.67 bits per heavy atom. The number of nitrogens with zero attached hydrogens (tertiary/aromatic N) is 1. The van der Waals surface area contributed by atoms with E-state index in [4.69, 9.17) is 16.2 Å². The summed E-state index contributed by atoms with van der Waals surface area (Å²) in [5.41, 5.74) is 0.605. The fraction of sp³-hybridized carbons (Fsp3) is 0.400. The third-order valence-electron chi connectivity index (χ3n) is 2.02. The van der Waals surface area contributed by atoms with E-state index in [1.807, 2.05) is 6.92 Å². The van der Waals surface area contributed by atoms with E-state index in [0.29, 0.717) is 17.3 Å². The topological polar surface area (TPSA) is 40.5 Å². The summed E-state index contributed by atoms with van der Waals surface area (Å²) in [4.78, 5) is 0. The van der Waals surface area contributed by atoms with E-state index in [2.05, 4.69) is 0 Å². The molecule has 1 atom stereocenters. The van der Waals surface area contributed by atoms with Gasteiger partial charge in [-0.15, -0.1) is 0 Å². The summed E-state index contributed by atoms with van der Waals surface area (Å²) < 4.78 is 21.7. The van der Waals surface area contributed by atoms with E-state index in [-0.39, 0.29) is 0 Å². The number of hydrogen-bond acceptors (Lipinski definition) is 1. The van der Waals surface area contributed by atoms with Crippen LogP contribution in [0.3, 0.4) is 0 Å². The van der Waals surface area contributed by atoms with Gasteiger partial charge in [-0.1, -0.05) is 37.1 Å². The first-order chi connectivity index (χ1) is 7.16. The molecule has 1 N–H and O–H groups in total. The van der Waals surface area contributed by atoms with Crippen molar-refractivity contribution in [3.8, 4) is 0 Å². The molecule has 0 aliphatic rings. The summed E-state index contributed by atoms with van der Waals surface area (Å²) in [7, 11) is 0. The minimum atomic E-state index is -2.02. The standard InChI is InChI=1S/C10H14ClNO2S/c1-2-3-8-12(15(13)14)10-7-5-4-6-9(10)11/h4-7H,2-3,8H2,1H3,(H,13,14). The summed E-state index contributed by atoms with van der Waals surface area (Å²) in [6.45, 7) is 2.56. The molecule has 0 saturated heterocycles. The normalized spacial score (nSPS) is 12.5. The summed E-state index contributed by atoms with van der Waals surface area (Å²) in [5.74, 6) is 0. The van der Waals surface area contributed by atoms with Gasteiger partial charge in [0.25, 0.3) is 11.3 Å². The molecular weight excluding hydrogens is 234 g/mol. The zero-order valence-electron chi connectivity index (χ0n) is 8.52. The van der Waals surface area contributed by atoms with Gasteiger partial charge in [0.1, 0.15) is 0 Å². The van der Waals surface area contributed by atoms with Gasteiger partial charge >= 0.3 is 0 Å². The van der Waals surface area contributed by atoms with Crippen LogP contribution in [0.4, 0.5) is 5.69 Å². The van der Waals surface area contributed by atoms with Crippen molar-refractivity contribution in [2.24, 2.45) is 0 Å². The first-order valence-corrected chi connectivity index (χ1v) is 6.24. The van der Waals surface area contributed by atoms with Crippen LogP contribution in [-0.4, -0.2) is 15.3 Å². The van der Waals surface area contributed by atoms with Crippen LogP contribution in [-0.2, 0) is 11.3 Å². The SMILES string of the molecule is CCCCN(c1ccccc1Cl)S(=O)O. The number of anilines is 1. The van der Waals surface area contributed by atoms with E-state index < -0.39 is 11.3 Å². The van der Waals surface area contributed by atoms with Crippen molar-refractivity contribution in [1.29, 1.82) is 0 Å². The molecular formula is C10H14ClNO2S. The Kier molecular flexibility index (Phi) is 5.08. The van der Waals surface area contributed by atoms with Gasteiger partial charge in [0.2, 0.25) is 0 Å². The lowest BCUT2D eigenvalue weighted by atomic mass is 10.3. The number of halogens is 1. The van der Waals surface area contributed by atoms with Crippen molar-refractivity contribution < 1.29 is 8.76 Å². The smallest absolute Gasteiger partial charge is 0.261 e. The van der Waals surface area contributed by atoms with Crippen molar-refractivity contribution in [3.63, 3.8) is 0 Å². The molecule has 0 radical (unpaired) electrons. The molecule has 1 rings (SSSR count). The Morgan fingerprint density at radius 1 is 1.47 bits per heavy atom. The minimum absolute atomic E-state index is 0.496. The molecule has 84 valence electrons. The van der Waals surface area contributed by atoms with Gasteiger partial charge in [-0.2, -0.15) is 0 Å². The predicted molar refractivity (Wildman–Crippen MR) is 64.5 cm³/mol. The molecule has 0 bridgehead atoms. The van der Waals surface area contributed by atoms with E-state index in [1.165, 1.54) is 4.31 Å². The number of para-hydroxylation sites is 1. The van der Waals surface area contributed by atoms with Crippen LogP contribution < -0.4 is 4.31 Å². The molecule has 0 aliphatic heterocycles. The Morgan fingerprint density at radius 2 is 2.13 bits per heavy atom. The summed E-state index contributed by atoms with van der Waals surface area (Å²) >= 11 is 3.94. The maximum atomic E-state index is 11.1. The lowest BCUT2D eigenvalue weighted by Gasteiger charge is -2.20. The summed E-state index contributed by atoms with van der Waals surface area (Å²) in [6, 6.07) is 7.05. The first-order valence-electron chi connectivity index (χ1n) is 4.80. The van der Waals surface area contributed by atoms with Gasteiger partial charge in [-0.25, -0.2) is 4.21 Å². The number of benzene rings is 1. The Bertz CT molecular complexity index is 346. The minimum Gasteiger partial charge on any atom is -0.289 e. The van der Waals surface area contributed by atoms with Gasteiger partial charge in [-0.3, -0.25) is 8.86 Å².